The molecule has 2 nitrogen and oxygen atoms in total. The van der Waals surface area contributed by atoms with E-state index in [0.717, 1.165) is 21.7 Å². The Kier molecular flexibility index (Phi) is 3.98. The van der Waals surface area contributed by atoms with E-state index < -0.39 is 26.5 Å². The van der Waals surface area contributed by atoms with Crippen LogP contribution in [0.15, 0.2) is 42.5 Å². The van der Waals surface area contributed by atoms with Crippen LogP contribution in [0.4, 0.5) is 13.2 Å². The number of methoxy groups -OCH3 is 1. The number of ether oxygens (including phenoxy) is 1. The summed E-state index contributed by atoms with van der Waals surface area (Å²) in [7, 11) is 1.54. The molecule has 6 heteroatoms. The van der Waals surface area contributed by atoms with Crippen molar-refractivity contribution in [3.05, 3.63) is 42.5 Å². The Morgan fingerprint density at radius 2 is 1.82 bits per heavy atom. The Hall–Kier alpha value is -1.78. The van der Waals surface area contributed by atoms with Crippen LogP contribution in [0.25, 0.3) is 21.7 Å². The maximum atomic E-state index is 12.6. The van der Waals surface area contributed by atoms with Crippen molar-refractivity contribution >= 4 is 41.2 Å². The summed E-state index contributed by atoms with van der Waals surface area (Å²) in [6.07, 6.45) is -4.17. The molecule has 0 fully saturated rings. The van der Waals surface area contributed by atoms with Gasteiger partial charge in [-0.3, -0.25) is 0 Å². The number of aromatic nitrogens is 1. The van der Waals surface area contributed by atoms with E-state index in [0.29, 0.717) is 10.3 Å². The summed E-state index contributed by atoms with van der Waals surface area (Å²) in [6.45, 7) is 0. The first-order chi connectivity index (χ1) is 10.5. The van der Waals surface area contributed by atoms with Crippen LogP contribution < -0.4 is 9.33 Å². The summed E-state index contributed by atoms with van der Waals surface area (Å²) in [6, 6.07) is 13.0. The van der Waals surface area contributed by atoms with Crippen molar-refractivity contribution in [3.63, 3.8) is 0 Å². The molecule has 0 bridgehead atoms. The molecule has 1 aromatic heterocycles. The van der Waals surface area contributed by atoms with Crippen molar-refractivity contribution in [1.29, 1.82) is 0 Å². The van der Waals surface area contributed by atoms with Gasteiger partial charge >= 0.3 is 131 Å². The Morgan fingerprint density at radius 1 is 1.05 bits per heavy atom. The molecule has 114 valence electrons. The second-order valence-corrected chi connectivity index (χ2v) is 6.77. The molecule has 0 aliphatic carbocycles. The number of para-hydroxylation sites is 1. The van der Waals surface area contributed by atoms with E-state index in [1.54, 1.807) is 6.07 Å². The van der Waals surface area contributed by atoms with Gasteiger partial charge in [-0.2, -0.15) is 0 Å². The normalized spacial score (nSPS) is 12.0. The predicted molar refractivity (Wildman–Crippen MR) is 82.1 cm³/mol. The molecular formula is C16H12F3NOSe. The first kappa shape index (κ1) is 15.1. The molecule has 1 heterocycles. The summed E-state index contributed by atoms with van der Waals surface area (Å²) < 4.78 is 43.4. The molecule has 2 aromatic carbocycles. The zero-order valence-electron chi connectivity index (χ0n) is 11.6. The fourth-order valence-corrected chi connectivity index (χ4v) is 3.94. The van der Waals surface area contributed by atoms with E-state index in [1.807, 2.05) is 36.4 Å². The van der Waals surface area contributed by atoms with E-state index >= 15 is 0 Å². The third kappa shape index (κ3) is 3.03. The van der Waals surface area contributed by atoms with Gasteiger partial charge in [0.1, 0.15) is 0 Å². The molecule has 3 rings (SSSR count). The SMILES string of the molecule is COc1ccc2c(c1)c([Se]CC(F)(F)F)nc1ccccc12. The minimum atomic E-state index is -4.17. The Labute approximate surface area is 131 Å². The molecule has 0 atom stereocenters. The van der Waals surface area contributed by atoms with Crippen molar-refractivity contribution in [2.24, 2.45) is 0 Å². The van der Waals surface area contributed by atoms with Crippen molar-refractivity contribution in [3.8, 4) is 5.75 Å². The number of hydrogen-bond donors (Lipinski definition) is 0. The topological polar surface area (TPSA) is 22.1 Å². The van der Waals surface area contributed by atoms with Crippen molar-refractivity contribution in [2.75, 3.05) is 7.11 Å². The first-order valence-corrected chi connectivity index (χ1v) is 8.61. The average molecular weight is 370 g/mol. The molecule has 0 saturated heterocycles. The first-order valence-electron chi connectivity index (χ1n) is 6.54. The van der Waals surface area contributed by atoms with Crippen LogP contribution in [0.3, 0.4) is 0 Å². The number of hydrogen-bond acceptors (Lipinski definition) is 2. The quantitative estimate of drug-likeness (QED) is 0.518. The minimum absolute atomic E-state index is 0.512. The second kappa shape index (κ2) is 5.78. The van der Waals surface area contributed by atoms with Crippen molar-refractivity contribution in [1.82, 2.24) is 4.98 Å². The number of pyridine rings is 1. The van der Waals surface area contributed by atoms with Crippen LogP contribution in [0.1, 0.15) is 0 Å². The van der Waals surface area contributed by atoms with Gasteiger partial charge in [0, 0.05) is 0 Å². The van der Waals surface area contributed by atoms with Gasteiger partial charge in [-0.25, -0.2) is 0 Å². The van der Waals surface area contributed by atoms with Gasteiger partial charge in [0.05, 0.1) is 0 Å². The van der Waals surface area contributed by atoms with Crippen LogP contribution in [0.5, 0.6) is 5.75 Å². The number of benzene rings is 2. The monoisotopic (exact) mass is 371 g/mol. The number of nitrogens with zero attached hydrogens (tertiary/aromatic N) is 1. The molecule has 0 aliphatic rings. The Morgan fingerprint density at radius 3 is 2.55 bits per heavy atom. The molecule has 3 aromatic rings. The molecule has 22 heavy (non-hydrogen) atoms. The van der Waals surface area contributed by atoms with Gasteiger partial charge in [0.25, 0.3) is 0 Å². The van der Waals surface area contributed by atoms with Gasteiger partial charge in [-0.05, 0) is 0 Å². The molecular weight excluding hydrogens is 358 g/mol. The van der Waals surface area contributed by atoms with E-state index in [1.165, 1.54) is 7.11 Å². The third-order valence-corrected chi connectivity index (χ3v) is 5.46. The molecule has 0 saturated carbocycles. The van der Waals surface area contributed by atoms with E-state index in [4.69, 9.17) is 4.74 Å². The number of fused-ring (bicyclic) bond motifs is 3. The fraction of sp³-hybridized carbons (Fsp3) is 0.188. The number of halogens is 3. The van der Waals surface area contributed by atoms with Gasteiger partial charge < -0.3 is 0 Å². The summed E-state index contributed by atoms with van der Waals surface area (Å²) in [5, 5.41) is 1.76. The van der Waals surface area contributed by atoms with Gasteiger partial charge in [0.2, 0.25) is 0 Å². The van der Waals surface area contributed by atoms with Crippen LogP contribution in [-0.4, -0.2) is 33.2 Å². The molecule has 0 amide bonds. The summed E-state index contributed by atoms with van der Waals surface area (Å²) in [5.74, 6) is 0.619. The number of rotatable bonds is 3. The third-order valence-electron chi connectivity index (χ3n) is 3.25. The number of alkyl halides is 3. The standard InChI is InChI=1S/C16H12F3NOSe/c1-21-10-6-7-11-12-4-2-3-5-14(12)20-15(13(11)8-10)22-9-16(17,18)19/h2-8H,9H2,1H3. The summed E-state index contributed by atoms with van der Waals surface area (Å²) >= 11 is -0.771. The zero-order chi connectivity index (χ0) is 15.7. The van der Waals surface area contributed by atoms with Crippen molar-refractivity contribution in [2.45, 2.75) is 11.5 Å². The van der Waals surface area contributed by atoms with E-state index in [9.17, 15) is 13.2 Å². The maximum absolute atomic E-state index is 12.6. The van der Waals surface area contributed by atoms with Crippen molar-refractivity contribution < 1.29 is 17.9 Å². The fourth-order valence-electron chi connectivity index (χ4n) is 2.29. The van der Waals surface area contributed by atoms with Gasteiger partial charge in [-0.1, -0.05) is 0 Å². The van der Waals surface area contributed by atoms with Crippen LogP contribution in [0, 0.1) is 0 Å². The molecule has 0 N–H and O–H groups in total. The van der Waals surface area contributed by atoms with Gasteiger partial charge in [-0.15, -0.1) is 0 Å². The van der Waals surface area contributed by atoms with Crippen LogP contribution in [0.2, 0.25) is 5.32 Å². The second-order valence-electron chi connectivity index (χ2n) is 4.75. The zero-order valence-corrected chi connectivity index (χ0v) is 13.4. The van der Waals surface area contributed by atoms with E-state index in [-0.39, 0.29) is 0 Å². The van der Waals surface area contributed by atoms with Crippen LogP contribution >= 0.6 is 0 Å². The molecule has 0 unspecified atom stereocenters. The molecule has 0 aliphatic heterocycles. The summed E-state index contributed by atoms with van der Waals surface area (Å²) in [5.41, 5.74) is 0.721. The molecule has 0 radical (unpaired) electrons. The summed E-state index contributed by atoms with van der Waals surface area (Å²) in [4.78, 5) is 4.45. The Balaban J connectivity index is 2.22. The molecule has 0 spiro atoms. The van der Waals surface area contributed by atoms with Gasteiger partial charge in [0.15, 0.2) is 0 Å². The Bertz CT molecular complexity index is 833. The van der Waals surface area contributed by atoms with Crippen LogP contribution in [-0.2, 0) is 0 Å². The predicted octanol–water partition coefficient (Wildman–Crippen LogP) is 3.71. The average Bonchev–Trinajstić information content (AvgIpc) is 2.51. The van der Waals surface area contributed by atoms with E-state index in [2.05, 4.69) is 4.98 Å².